The van der Waals surface area contributed by atoms with Gasteiger partial charge in [-0.3, -0.25) is 24.2 Å². The molecule has 182 valence electrons. The van der Waals surface area contributed by atoms with Crippen LogP contribution in [0.5, 0.6) is 0 Å². The maximum atomic E-state index is 13.5. The summed E-state index contributed by atoms with van der Waals surface area (Å²) in [6.07, 6.45) is 5.37. The van der Waals surface area contributed by atoms with Gasteiger partial charge < -0.3 is 5.32 Å². The van der Waals surface area contributed by atoms with Gasteiger partial charge in [0.15, 0.2) is 0 Å². The number of carbonyl (C=O) groups is 3. The zero-order chi connectivity index (χ0) is 24.9. The quantitative estimate of drug-likeness (QED) is 0.251. The average molecular weight is 528 g/mol. The third-order valence-corrected chi connectivity index (χ3v) is 7.58. The summed E-state index contributed by atoms with van der Waals surface area (Å²) in [5.41, 5.74) is 2.08. The van der Waals surface area contributed by atoms with Crippen molar-refractivity contribution in [2.45, 2.75) is 39.0 Å². The molecular weight excluding hydrogens is 502 g/mol. The average Bonchev–Trinajstić information content (AvgIpc) is 3.26. The topological polar surface area (TPSA) is 69.7 Å². The van der Waals surface area contributed by atoms with Gasteiger partial charge in [0.2, 0.25) is 5.91 Å². The fraction of sp³-hybridized carbons (Fsp3) is 0.308. The molecule has 1 saturated heterocycles. The zero-order valence-corrected chi connectivity index (χ0v) is 21.8. The number of hydrogen-bond donors (Lipinski definition) is 1. The maximum Gasteiger partial charge on any atom is 0.267 e. The lowest BCUT2D eigenvalue weighted by atomic mass is 10.1. The molecule has 0 bridgehead atoms. The van der Waals surface area contributed by atoms with Crippen LogP contribution in [-0.4, -0.2) is 40.0 Å². The Hall–Kier alpha value is -2.68. The first-order valence-electron chi connectivity index (χ1n) is 11.6. The van der Waals surface area contributed by atoms with Crippen LogP contribution in [0.4, 0.5) is 11.4 Å². The number of unbranched alkanes of at least 4 members (excludes halogenated alkanes) is 4. The van der Waals surface area contributed by atoms with E-state index < -0.39 is 0 Å². The minimum atomic E-state index is -0.379. The van der Waals surface area contributed by atoms with E-state index in [1.54, 1.807) is 47.4 Å². The second-order valence-corrected chi connectivity index (χ2v) is 10.5. The van der Waals surface area contributed by atoms with Gasteiger partial charge in [0.1, 0.15) is 10.9 Å². The number of nitrogens with zero attached hydrogens (tertiary/aromatic N) is 2. The number of hydrogen-bond acceptors (Lipinski definition) is 5. The molecule has 2 aromatic rings. The first kappa shape index (κ1) is 25.4. The molecule has 0 aliphatic carbocycles. The minimum absolute atomic E-state index is 0.191. The van der Waals surface area contributed by atoms with Crippen molar-refractivity contribution in [1.82, 2.24) is 4.90 Å². The summed E-state index contributed by atoms with van der Waals surface area (Å²) >= 11 is 12.7. The Labute approximate surface area is 219 Å². The number of fused-ring (bicyclic) bond motifs is 1. The van der Waals surface area contributed by atoms with Gasteiger partial charge in [-0.15, -0.1) is 0 Å². The third-order valence-electron chi connectivity index (χ3n) is 5.89. The summed E-state index contributed by atoms with van der Waals surface area (Å²) in [5, 5.41) is 3.27. The van der Waals surface area contributed by atoms with Crippen molar-refractivity contribution in [3.8, 4) is 0 Å². The molecule has 1 fully saturated rings. The van der Waals surface area contributed by atoms with Crippen LogP contribution in [0.1, 0.15) is 44.6 Å². The number of carbonyl (C=O) groups excluding carboxylic acids is 3. The molecule has 0 spiro atoms. The molecule has 3 amide bonds. The Morgan fingerprint density at radius 2 is 1.77 bits per heavy atom. The van der Waals surface area contributed by atoms with E-state index in [2.05, 4.69) is 12.2 Å². The highest BCUT2D eigenvalue weighted by atomic mass is 35.5. The van der Waals surface area contributed by atoms with Gasteiger partial charge >= 0.3 is 0 Å². The van der Waals surface area contributed by atoms with Gasteiger partial charge in [-0.05, 0) is 30.7 Å². The highest BCUT2D eigenvalue weighted by molar-refractivity contribution is 8.26. The molecule has 2 aliphatic rings. The van der Waals surface area contributed by atoms with Crippen molar-refractivity contribution in [3.05, 3.63) is 64.0 Å². The van der Waals surface area contributed by atoms with Crippen LogP contribution in [0.2, 0.25) is 5.02 Å². The molecule has 35 heavy (non-hydrogen) atoms. The van der Waals surface area contributed by atoms with Crippen molar-refractivity contribution < 1.29 is 14.4 Å². The number of anilines is 2. The highest BCUT2D eigenvalue weighted by Crippen LogP contribution is 2.44. The second-order valence-electron chi connectivity index (χ2n) is 8.41. The maximum absolute atomic E-state index is 13.5. The van der Waals surface area contributed by atoms with Crippen LogP contribution < -0.4 is 10.2 Å². The fourth-order valence-electron chi connectivity index (χ4n) is 4.18. The van der Waals surface area contributed by atoms with E-state index >= 15 is 0 Å². The van der Waals surface area contributed by atoms with Crippen molar-refractivity contribution in [2.75, 3.05) is 23.3 Å². The van der Waals surface area contributed by atoms with Crippen molar-refractivity contribution in [2.24, 2.45) is 0 Å². The Morgan fingerprint density at radius 1 is 1.00 bits per heavy atom. The van der Waals surface area contributed by atoms with Gasteiger partial charge in [-0.25, -0.2) is 0 Å². The van der Waals surface area contributed by atoms with Gasteiger partial charge in [0.25, 0.3) is 11.8 Å². The number of thiocarbonyl (C=S) groups is 1. The number of benzene rings is 2. The van der Waals surface area contributed by atoms with E-state index in [4.69, 9.17) is 23.8 Å². The van der Waals surface area contributed by atoms with E-state index in [-0.39, 0.29) is 24.3 Å². The summed E-state index contributed by atoms with van der Waals surface area (Å²) in [4.78, 5) is 42.9. The molecule has 6 nitrogen and oxygen atoms in total. The van der Waals surface area contributed by atoms with Crippen LogP contribution in [-0.2, 0) is 14.4 Å². The lowest BCUT2D eigenvalue weighted by Gasteiger charge is -2.17. The standard InChI is InChI=1S/C26H26ClN3O3S2/c1-2-3-4-5-8-14-29-25(33)23(35-26(29)34)22-19-12-6-7-13-20(19)30(24(22)32)16-21(31)28-18-11-9-10-17(27)15-18/h6-7,9-13,15H,2-5,8,14,16H2,1H3,(H,28,31). The van der Waals surface area contributed by atoms with Crippen molar-refractivity contribution in [1.29, 1.82) is 0 Å². The smallest absolute Gasteiger partial charge is 0.267 e. The number of thioether (sulfide) groups is 1. The first-order chi connectivity index (χ1) is 16.9. The molecule has 4 rings (SSSR count). The predicted molar refractivity (Wildman–Crippen MR) is 146 cm³/mol. The number of rotatable bonds is 9. The lowest BCUT2D eigenvalue weighted by Crippen LogP contribution is -2.35. The Morgan fingerprint density at radius 3 is 2.54 bits per heavy atom. The van der Waals surface area contributed by atoms with Crippen LogP contribution in [0, 0.1) is 0 Å². The molecule has 2 heterocycles. The Bertz CT molecular complexity index is 1210. The number of amides is 3. The van der Waals surface area contributed by atoms with Crippen LogP contribution in [0.3, 0.4) is 0 Å². The molecule has 9 heteroatoms. The zero-order valence-electron chi connectivity index (χ0n) is 19.4. The summed E-state index contributed by atoms with van der Waals surface area (Å²) in [6.45, 7) is 2.52. The normalized spacial score (nSPS) is 17.4. The molecule has 2 aliphatic heterocycles. The minimum Gasteiger partial charge on any atom is -0.324 e. The summed E-state index contributed by atoms with van der Waals surface area (Å²) in [6, 6.07) is 14.0. The van der Waals surface area contributed by atoms with Gasteiger partial charge in [-0.2, -0.15) is 0 Å². The monoisotopic (exact) mass is 527 g/mol. The molecule has 0 unspecified atom stereocenters. The second kappa shape index (κ2) is 11.4. The van der Waals surface area contributed by atoms with E-state index in [9.17, 15) is 14.4 Å². The van der Waals surface area contributed by atoms with Gasteiger partial charge in [0, 0.05) is 22.8 Å². The van der Waals surface area contributed by atoms with Crippen LogP contribution in [0.25, 0.3) is 5.57 Å². The largest absolute Gasteiger partial charge is 0.324 e. The fourth-order valence-corrected chi connectivity index (χ4v) is 5.75. The van der Waals surface area contributed by atoms with E-state index in [1.165, 1.54) is 11.3 Å². The van der Waals surface area contributed by atoms with E-state index in [0.717, 1.165) is 37.4 Å². The number of nitrogens with one attached hydrogen (secondary N) is 1. The van der Waals surface area contributed by atoms with Crippen molar-refractivity contribution >= 4 is 74.6 Å². The van der Waals surface area contributed by atoms with Crippen LogP contribution >= 0.6 is 35.6 Å². The van der Waals surface area contributed by atoms with E-state index in [1.807, 2.05) is 6.07 Å². The number of para-hydroxylation sites is 1. The highest BCUT2D eigenvalue weighted by Gasteiger charge is 2.42. The van der Waals surface area contributed by atoms with E-state index in [0.29, 0.717) is 43.3 Å². The van der Waals surface area contributed by atoms with Crippen molar-refractivity contribution in [3.63, 3.8) is 0 Å². The molecule has 0 radical (unpaired) electrons. The van der Waals surface area contributed by atoms with Gasteiger partial charge in [-0.1, -0.05) is 92.5 Å². The first-order valence-corrected chi connectivity index (χ1v) is 13.3. The molecule has 0 atom stereocenters. The summed E-state index contributed by atoms with van der Waals surface area (Å²) in [5.74, 6) is -0.980. The molecule has 2 aromatic carbocycles. The SMILES string of the molecule is CCCCCCCN1C(=O)C(=C2C(=O)N(CC(=O)Nc3cccc(Cl)c3)c3ccccc32)SC1=S. The van der Waals surface area contributed by atoms with Gasteiger partial charge in [0.05, 0.1) is 16.2 Å². The Balaban J connectivity index is 1.54. The third kappa shape index (κ3) is 5.60. The summed E-state index contributed by atoms with van der Waals surface area (Å²) < 4.78 is 0.468. The summed E-state index contributed by atoms with van der Waals surface area (Å²) in [7, 11) is 0. The molecule has 0 saturated carbocycles. The molecular formula is C26H26ClN3O3S2. The predicted octanol–water partition coefficient (Wildman–Crippen LogP) is 5.87. The Kier molecular flexibility index (Phi) is 8.26. The molecule has 1 N–H and O–H groups in total. The number of halogens is 1. The lowest BCUT2D eigenvalue weighted by molar-refractivity contribution is -0.122. The molecule has 0 aromatic heterocycles. The van der Waals surface area contributed by atoms with Crippen LogP contribution in [0.15, 0.2) is 53.4 Å².